The largest absolute Gasteiger partial charge is 1.00 e. The molecule has 0 aromatic carbocycles. The number of carboxylic acid groups (broad SMARTS) is 1. The summed E-state index contributed by atoms with van der Waals surface area (Å²) >= 11 is 0. The summed E-state index contributed by atoms with van der Waals surface area (Å²) in [5, 5.41) is 8.51. The van der Waals surface area contributed by atoms with E-state index in [0.29, 0.717) is 6.42 Å². The van der Waals surface area contributed by atoms with Gasteiger partial charge in [-0.05, 0) is 19.3 Å². The number of halogens is 1. The Bertz CT molecular complexity index is 169. The first-order valence-electron chi connectivity index (χ1n) is 4.62. The van der Waals surface area contributed by atoms with Crippen LogP contribution in [0.1, 0.15) is 19.3 Å². The lowest BCUT2D eigenvalue weighted by Crippen LogP contribution is -3.00. The Morgan fingerprint density at radius 1 is 1.36 bits per heavy atom. The standard InChI is InChI=1S/C9H20N2O2.ClH/c1-11(2,3)7-5-4-6-8(10)9(12)13;/h8H,4-7,10H2,1-3H3;1H/t8-;/m0./s1. The lowest BCUT2D eigenvalue weighted by molar-refractivity contribution is -0.870. The molecule has 4 nitrogen and oxygen atoms in total. The van der Waals surface area contributed by atoms with Crippen molar-refractivity contribution in [2.24, 2.45) is 5.73 Å². The fourth-order valence-electron chi connectivity index (χ4n) is 1.07. The first-order chi connectivity index (χ1) is 5.83. The smallest absolute Gasteiger partial charge is 0.320 e. The highest BCUT2D eigenvalue weighted by Gasteiger charge is 2.11. The van der Waals surface area contributed by atoms with Crippen LogP contribution in [0.25, 0.3) is 0 Å². The molecule has 0 aromatic rings. The Kier molecular flexibility index (Phi) is 8.10. The molecule has 5 heteroatoms. The van der Waals surface area contributed by atoms with Crippen LogP contribution in [-0.2, 0) is 4.79 Å². The second-order valence-corrected chi connectivity index (χ2v) is 4.45. The molecule has 0 saturated heterocycles. The van der Waals surface area contributed by atoms with E-state index >= 15 is 0 Å². The molecular formula is C9H21ClN2O2. The molecule has 0 unspecified atom stereocenters. The SMILES string of the molecule is C[N+](C)(C)CCCC[C@H](N)C(=O)O.[Cl-]. The molecule has 3 N–H and O–H groups in total. The van der Waals surface area contributed by atoms with Gasteiger partial charge in [-0.3, -0.25) is 4.79 Å². The highest BCUT2D eigenvalue weighted by Crippen LogP contribution is 2.02. The summed E-state index contributed by atoms with van der Waals surface area (Å²) in [5.74, 6) is -0.898. The van der Waals surface area contributed by atoms with Crippen molar-refractivity contribution in [2.75, 3.05) is 27.7 Å². The van der Waals surface area contributed by atoms with Gasteiger partial charge in [0.15, 0.2) is 0 Å². The fourth-order valence-corrected chi connectivity index (χ4v) is 1.07. The van der Waals surface area contributed by atoms with Crippen LogP contribution < -0.4 is 18.1 Å². The molecule has 0 spiro atoms. The number of nitrogens with zero attached hydrogens (tertiary/aromatic N) is 1. The summed E-state index contributed by atoms with van der Waals surface area (Å²) in [6, 6.07) is -0.688. The second kappa shape index (κ2) is 7.04. The summed E-state index contributed by atoms with van der Waals surface area (Å²) in [7, 11) is 6.37. The van der Waals surface area contributed by atoms with Gasteiger partial charge in [-0.1, -0.05) is 0 Å². The molecular weight excluding hydrogens is 204 g/mol. The molecule has 0 aromatic heterocycles. The Morgan fingerprint density at radius 3 is 2.21 bits per heavy atom. The van der Waals surface area contributed by atoms with Gasteiger partial charge in [0.25, 0.3) is 0 Å². The summed E-state index contributed by atoms with van der Waals surface area (Å²) < 4.78 is 0.919. The number of unbranched alkanes of at least 4 members (excludes halogenated alkanes) is 1. The first kappa shape index (κ1) is 16.1. The van der Waals surface area contributed by atoms with Crippen molar-refractivity contribution in [2.45, 2.75) is 25.3 Å². The lowest BCUT2D eigenvalue weighted by Gasteiger charge is -2.23. The van der Waals surface area contributed by atoms with Crippen LogP contribution in [0.5, 0.6) is 0 Å². The molecule has 0 aliphatic heterocycles. The van der Waals surface area contributed by atoms with Gasteiger partial charge in [-0.2, -0.15) is 0 Å². The second-order valence-electron chi connectivity index (χ2n) is 4.45. The van der Waals surface area contributed by atoms with E-state index in [-0.39, 0.29) is 12.4 Å². The maximum atomic E-state index is 10.4. The van der Waals surface area contributed by atoms with Gasteiger partial charge in [0, 0.05) is 0 Å². The Morgan fingerprint density at radius 2 is 1.86 bits per heavy atom. The first-order valence-corrected chi connectivity index (χ1v) is 4.62. The average Bonchev–Trinajstić information content (AvgIpc) is 1.95. The fraction of sp³-hybridized carbons (Fsp3) is 0.889. The van der Waals surface area contributed by atoms with Crippen molar-refractivity contribution in [1.29, 1.82) is 0 Å². The minimum Gasteiger partial charge on any atom is -1.00 e. The van der Waals surface area contributed by atoms with Gasteiger partial charge < -0.3 is 27.7 Å². The molecule has 0 bridgehead atoms. The van der Waals surface area contributed by atoms with E-state index in [1.807, 2.05) is 0 Å². The summed E-state index contributed by atoms with van der Waals surface area (Å²) in [4.78, 5) is 10.4. The molecule has 0 fully saturated rings. The molecule has 0 saturated carbocycles. The van der Waals surface area contributed by atoms with Crippen molar-refractivity contribution in [3.8, 4) is 0 Å². The van der Waals surface area contributed by atoms with Gasteiger partial charge >= 0.3 is 5.97 Å². The molecule has 0 heterocycles. The van der Waals surface area contributed by atoms with E-state index in [1.165, 1.54) is 0 Å². The molecule has 0 aliphatic rings. The molecule has 0 rings (SSSR count). The molecule has 0 amide bonds. The number of nitrogens with two attached hydrogens (primary N) is 1. The van der Waals surface area contributed by atoms with E-state index in [4.69, 9.17) is 10.8 Å². The minimum atomic E-state index is -0.898. The van der Waals surface area contributed by atoms with Crippen molar-refractivity contribution in [3.05, 3.63) is 0 Å². The minimum absolute atomic E-state index is 0. The van der Waals surface area contributed by atoms with E-state index in [1.54, 1.807) is 0 Å². The van der Waals surface area contributed by atoms with Crippen molar-refractivity contribution < 1.29 is 26.8 Å². The Balaban J connectivity index is 0. The molecule has 86 valence electrons. The van der Waals surface area contributed by atoms with Crippen LogP contribution in [-0.4, -0.2) is 49.3 Å². The molecule has 0 aliphatic carbocycles. The number of rotatable bonds is 6. The van der Waals surface area contributed by atoms with Crippen LogP contribution in [0.3, 0.4) is 0 Å². The van der Waals surface area contributed by atoms with Crippen LogP contribution in [0.15, 0.2) is 0 Å². The van der Waals surface area contributed by atoms with E-state index in [9.17, 15) is 4.79 Å². The summed E-state index contributed by atoms with van der Waals surface area (Å²) in [5.41, 5.74) is 5.36. The van der Waals surface area contributed by atoms with Gasteiger partial charge in [0.1, 0.15) is 6.04 Å². The van der Waals surface area contributed by atoms with Crippen molar-refractivity contribution in [3.63, 3.8) is 0 Å². The topological polar surface area (TPSA) is 63.3 Å². The van der Waals surface area contributed by atoms with Crippen LogP contribution in [0.2, 0.25) is 0 Å². The third-order valence-electron chi connectivity index (χ3n) is 1.91. The third kappa shape index (κ3) is 9.77. The molecule has 14 heavy (non-hydrogen) atoms. The molecule has 1 atom stereocenters. The normalized spacial score (nSPS) is 13.1. The monoisotopic (exact) mass is 224 g/mol. The number of carboxylic acids is 1. The number of aliphatic carboxylic acids is 1. The number of quaternary nitrogens is 1. The van der Waals surface area contributed by atoms with E-state index in [2.05, 4.69) is 21.1 Å². The Labute approximate surface area is 92.1 Å². The number of hydrogen-bond donors (Lipinski definition) is 2. The zero-order chi connectivity index (χ0) is 10.5. The van der Waals surface area contributed by atoms with Crippen molar-refractivity contribution in [1.82, 2.24) is 0 Å². The maximum Gasteiger partial charge on any atom is 0.320 e. The lowest BCUT2D eigenvalue weighted by atomic mass is 10.1. The molecule has 0 radical (unpaired) electrons. The van der Waals surface area contributed by atoms with Crippen molar-refractivity contribution >= 4 is 5.97 Å². The predicted molar refractivity (Wildman–Crippen MR) is 52.4 cm³/mol. The predicted octanol–water partition coefficient (Wildman–Crippen LogP) is -2.72. The maximum absolute atomic E-state index is 10.4. The number of carbonyl (C=O) groups is 1. The zero-order valence-corrected chi connectivity index (χ0v) is 9.92. The van der Waals surface area contributed by atoms with E-state index < -0.39 is 12.0 Å². The third-order valence-corrected chi connectivity index (χ3v) is 1.91. The van der Waals surface area contributed by atoms with E-state index in [0.717, 1.165) is 23.9 Å². The Hall–Kier alpha value is -0.320. The van der Waals surface area contributed by atoms with Crippen LogP contribution in [0, 0.1) is 0 Å². The van der Waals surface area contributed by atoms with Gasteiger partial charge in [0.05, 0.1) is 27.7 Å². The van der Waals surface area contributed by atoms with Gasteiger partial charge in [0.2, 0.25) is 0 Å². The van der Waals surface area contributed by atoms with Crippen LogP contribution in [0.4, 0.5) is 0 Å². The van der Waals surface area contributed by atoms with Crippen LogP contribution >= 0.6 is 0 Å². The quantitative estimate of drug-likeness (QED) is 0.381. The number of hydrogen-bond acceptors (Lipinski definition) is 2. The summed E-state index contributed by atoms with van der Waals surface area (Å²) in [6.07, 6.45) is 2.50. The average molecular weight is 225 g/mol. The van der Waals surface area contributed by atoms with Gasteiger partial charge in [-0.15, -0.1) is 0 Å². The highest BCUT2D eigenvalue weighted by molar-refractivity contribution is 5.72. The zero-order valence-electron chi connectivity index (χ0n) is 9.16. The van der Waals surface area contributed by atoms with Gasteiger partial charge in [-0.25, -0.2) is 0 Å². The summed E-state index contributed by atoms with van der Waals surface area (Å²) in [6.45, 7) is 1.06. The highest BCUT2D eigenvalue weighted by atomic mass is 35.5.